The van der Waals surface area contributed by atoms with Gasteiger partial charge in [0.25, 0.3) is 0 Å². The van der Waals surface area contributed by atoms with Gasteiger partial charge in [-0.05, 0) is 49.2 Å². The van der Waals surface area contributed by atoms with Crippen LogP contribution in [0.3, 0.4) is 0 Å². The molecule has 0 aliphatic rings. The Morgan fingerprint density at radius 1 is 1.12 bits per heavy atom. The van der Waals surface area contributed by atoms with E-state index in [0.29, 0.717) is 6.73 Å². The summed E-state index contributed by atoms with van der Waals surface area (Å²) >= 11 is 5.50. The molecule has 2 N–H and O–H groups in total. The van der Waals surface area contributed by atoms with Crippen LogP contribution in [0.1, 0.15) is 11.1 Å². The predicted octanol–water partition coefficient (Wildman–Crippen LogP) is 4.70. The maximum atomic E-state index is 9.31. The van der Waals surface area contributed by atoms with Crippen LogP contribution in [0.15, 0.2) is 52.7 Å². The van der Waals surface area contributed by atoms with Gasteiger partial charge in [-0.2, -0.15) is 10.2 Å². The molecule has 0 radical (unpaired) electrons. The van der Waals surface area contributed by atoms with E-state index in [1.807, 2.05) is 56.3 Å². The van der Waals surface area contributed by atoms with Gasteiger partial charge >= 0.3 is 0 Å². The van der Waals surface area contributed by atoms with Crippen LogP contribution >= 0.6 is 11.6 Å². The standard InChI is InChI=1S/C18H22ClN3O2/c1-13-5-3-4-6-18(13)22-21-15-7-8-17(14(2)9-15)20-12-24-11-16(23)10-19/h3-9,16,20,23H,10-12H2,1-2H3. The van der Waals surface area contributed by atoms with Crippen LogP contribution in [-0.4, -0.2) is 30.4 Å². The van der Waals surface area contributed by atoms with Gasteiger partial charge in [-0.1, -0.05) is 18.2 Å². The minimum absolute atomic E-state index is 0.166. The zero-order valence-corrected chi connectivity index (χ0v) is 14.6. The number of aryl methyl sites for hydroxylation is 2. The molecular formula is C18H22ClN3O2. The van der Waals surface area contributed by atoms with Crippen LogP contribution in [0.4, 0.5) is 17.1 Å². The first-order chi connectivity index (χ1) is 11.6. The zero-order valence-electron chi connectivity index (χ0n) is 13.9. The van der Waals surface area contributed by atoms with Crippen molar-refractivity contribution in [2.75, 3.05) is 24.5 Å². The van der Waals surface area contributed by atoms with E-state index in [0.717, 1.165) is 28.2 Å². The van der Waals surface area contributed by atoms with Crippen LogP contribution in [0.5, 0.6) is 0 Å². The van der Waals surface area contributed by atoms with Crippen molar-refractivity contribution >= 4 is 28.7 Å². The number of anilines is 1. The summed E-state index contributed by atoms with van der Waals surface area (Å²) in [4.78, 5) is 0. The van der Waals surface area contributed by atoms with Gasteiger partial charge in [0.2, 0.25) is 0 Å². The molecule has 0 amide bonds. The summed E-state index contributed by atoms with van der Waals surface area (Å²) in [5, 5.41) is 21.0. The van der Waals surface area contributed by atoms with Crippen LogP contribution in [0, 0.1) is 13.8 Å². The van der Waals surface area contributed by atoms with E-state index in [-0.39, 0.29) is 12.5 Å². The normalized spacial score (nSPS) is 12.5. The maximum Gasteiger partial charge on any atom is 0.116 e. The highest BCUT2D eigenvalue weighted by Crippen LogP contribution is 2.25. The number of nitrogens with one attached hydrogen (secondary N) is 1. The molecule has 1 unspecified atom stereocenters. The highest BCUT2D eigenvalue weighted by atomic mass is 35.5. The first-order valence-corrected chi connectivity index (χ1v) is 8.27. The van der Waals surface area contributed by atoms with Gasteiger partial charge in [0.05, 0.1) is 30.0 Å². The van der Waals surface area contributed by atoms with Crippen LogP contribution in [0.25, 0.3) is 0 Å². The van der Waals surface area contributed by atoms with E-state index in [1.54, 1.807) is 0 Å². The molecule has 2 rings (SSSR count). The molecule has 6 heteroatoms. The fraction of sp³-hybridized carbons (Fsp3) is 0.333. The molecule has 0 bridgehead atoms. The Hall–Kier alpha value is -1.95. The molecule has 24 heavy (non-hydrogen) atoms. The molecule has 5 nitrogen and oxygen atoms in total. The highest BCUT2D eigenvalue weighted by Gasteiger charge is 2.03. The third-order valence-corrected chi connectivity index (χ3v) is 3.81. The molecule has 1 atom stereocenters. The lowest BCUT2D eigenvalue weighted by atomic mass is 10.2. The predicted molar refractivity (Wildman–Crippen MR) is 97.7 cm³/mol. The van der Waals surface area contributed by atoms with Gasteiger partial charge in [-0.3, -0.25) is 0 Å². The Morgan fingerprint density at radius 3 is 2.62 bits per heavy atom. The number of hydrogen-bond acceptors (Lipinski definition) is 5. The summed E-state index contributed by atoms with van der Waals surface area (Å²) in [5.74, 6) is 0.166. The van der Waals surface area contributed by atoms with Crippen molar-refractivity contribution in [2.45, 2.75) is 20.0 Å². The van der Waals surface area contributed by atoms with Gasteiger partial charge in [0.15, 0.2) is 0 Å². The zero-order chi connectivity index (χ0) is 17.4. The topological polar surface area (TPSA) is 66.2 Å². The van der Waals surface area contributed by atoms with E-state index in [4.69, 9.17) is 16.3 Å². The average Bonchev–Trinajstić information content (AvgIpc) is 2.59. The number of benzene rings is 2. The Morgan fingerprint density at radius 2 is 1.92 bits per heavy atom. The lowest BCUT2D eigenvalue weighted by molar-refractivity contribution is 0.0568. The molecule has 0 aliphatic heterocycles. The van der Waals surface area contributed by atoms with Crippen LogP contribution < -0.4 is 5.32 Å². The second-order valence-corrected chi connectivity index (χ2v) is 5.79. The Kier molecular flexibility index (Phi) is 7.18. The summed E-state index contributed by atoms with van der Waals surface area (Å²) in [5.41, 5.74) is 4.74. The molecule has 0 saturated carbocycles. The number of aliphatic hydroxyl groups excluding tert-OH is 1. The van der Waals surface area contributed by atoms with Crippen molar-refractivity contribution < 1.29 is 9.84 Å². The van der Waals surface area contributed by atoms with Crippen LogP contribution in [-0.2, 0) is 4.74 Å². The van der Waals surface area contributed by atoms with Gasteiger partial charge in [-0.15, -0.1) is 11.6 Å². The van der Waals surface area contributed by atoms with Crippen LogP contribution in [0.2, 0.25) is 0 Å². The first-order valence-electron chi connectivity index (χ1n) is 7.74. The van der Waals surface area contributed by atoms with E-state index >= 15 is 0 Å². The number of aliphatic hydroxyl groups is 1. The molecule has 0 heterocycles. The fourth-order valence-electron chi connectivity index (χ4n) is 2.06. The summed E-state index contributed by atoms with van der Waals surface area (Å²) in [7, 11) is 0. The molecule has 2 aromatic carbocycles. The average molecular weight is 348 g/mol. The molecule has 2 aromatic rings. The minimum atomic E-state index is -0.640. The fourth-order valence-corrected chi connectivity index (χ4v) is 2.15. The number of nitrogens with zero attached hydrogens (tertiary/aromatic N) is 2. The lowest BCUT2D eigenvalue weighted by Gasteiger charge is -2.12. The third-order valence-electron chi connectivity index (χ3n) is 3.45. The maximum absolute atomic E-state index is 9.31. The SMILES string of the molecule is Cc1ccccc1N=Nc1ccc(NCOCC(O)CCl)c(C)c1. The summed E-state index contributed by atoms with van der Waals surface area (Å²) in [6.07, 6.45) is -0.640. The highest BCUT2D eigenvalue weighted by molar-refractivity contribution is 6.18. The van der Waals surface area contributed by atoms with Crippen molar-refractivity contribution in [1.82, 2.24) is 0 Å². The van der Waals surface area contributed by atoms with Gasteiger partial charge < -0.3 is 15.2 Å². The van der Waals surface area contributed by atoms with E-state index in [2.05, 4.69) is 15.5 Å². The molecule has 0 spiro atoms. The summed E-state index contributed by atoms with van der Waals surface area (Å²) in [6, 6.07) is 13.7. The smallest absolute Gasteiger partial charge is 0.116 e. The number of azo groups is 1. The minimum Gasteiger partial charge on any atom is -0.389 e. The second kappa shape index (κ2) is 9.37. The molecule has 0 fully saturated rings. The first kappa shape index (κ1) is 18.4. The quantitative estimate of drug-likeness (QED) is 0.314. The van der Waals surface area contributed by atoms with Crippen molar-refractivity contribution in [1.29, 1.82) is 0 Å². The van der Waals surface area contributed by atoms with Gasteiger partial charge in [0.1, 0.15) is 6.73 Å². The van der Waals surface area contributed by atoms with Crippen molar-refractivity contribution in [3.8, 4) is 0 Å². The Balaban J connectivity index is 1.93. The number of alkyl halides is 1. The summed E-state index contributed by atoms with van der Waals surface area (Å²) < 4.78 is 5.31. The number of rotatable bonds is 8. The largest absolute Gasteiger partial charge is 0.389 e. The van der Waals surface area contributed by atoms with E-state index < -0.39 is 6.10 Å². The van der Waals surface area contributed by atoms with Crippen molar-refractivity contribution in [3.05, 3.63) is 53.6 Å². The van der Waals surface area contributed by atoms with Gasteiger partial charge in [-0.25, -0.2) is 0 Å². The summed E-state index contributed by atoms with van der Waals surface area (Å²) in [6.45, 7) is 4.51. The molecule has 128 valence electrons. The lowest BCUT2D eigenvalue weighted by Crippen LogP contribution is -2.19. The van der Waals surface area contributed by atoms with Gasteiger partial charge in [0, 0.05) is 5.69 Å². The molecule has 0 aromatic heterocycles. The Bertz CT molecular complexity index is 692. The number of halogens is 1. The molecular weight excluding hydrogens is 326 g/mol. The number of ether oxygens (including phenoxy) is 1. The van der Waals surface area contributed by atoms with Crippen molar-refractivity contribution in [2.24, 2.45) is 10.2 Å². The van der Waals surface area contributed by atoms with E-state index in [1.165, 1.54) is 0 Å². The third kappa shape index (κ3) is 5.60. The monoisotopic (exact) mass is 347 g/mol. The van der Waals surface area contributed by atoms with E-state index in [9.17, 15) is 5.11 Å². The molecule has 0 aliphatic carbocycles. The second-order valence-electron chi connectivity index (χ2n) is 5.49. The van der Waals surface area contributed by atoms with Crippen molar-refractivity contribution in [3.63, 3.8) is 0 Å². The molecule has 0 saturated heterocycles. The number of hydrogen-bond donors (Lipinski definition) is 2. The Labute approximate surface area is 147 Å².